The normalized spacial score (nSPS) is 14.7. The van der Waals surface area contributed by atoms with E-state index >= 15 is 0 Å². The minimum atomic E-state index is -1.13. The molecule has 1 aromatic heterocycles. The maximum Gasteiger partial charge on any atom is 0.326 e. The van der Waals surface area contributed by atoms with Crippen molar-refractivity contribution in [1.82, 2.24) is 14.9 Å². The molecule has 1 heterocycles. The third-order valence-corrected chi connectivity index (χ3v) is 4.10. The van der Waals surface area contributed by atoms with Gasteiger partial charge in [0.25, 0.3) is 0 Å². The largest absolute Gasteiger partial charge is 0.480 e. The summed E-state index contributed by atoms with van der Waals surface area (Å²) in [5.74, 6) is -1.55. The molecule has 0 bridgehead atoms. The Morgan fingerprint density at radius 2 is 2.04 bits per heavy atom. The Balaban J connectivity index is 2.79. The number of hydrogen-bond donors (Lipinski definition) is 4. The Kier molecular flexibility index (Phi) is 9.15. The number of aliphatic hydroxyl groups is 2. The lowest BCUT2D eigenvalue weighted by Gasteiger charge is -2.23. The molecule has 8 nitrogen and oxygen atoms in total. The lowest BCUT2D eigenvalue weighted by atomic mass is 10.0. The van der Waals surface area contributed by atoms with Gasteiger partial charge in [0.1, 0.15) is 6.04 Å². The van der Waals surface area contributed by atoms with E-state index in [1.54, 1.807) is 10.8 Å². The number of aliphatic carboxylic acids is 1. The highest BCUT2D eigenvalue weighted by atomic mass is 16.4. The molecule has 0 saturated carbocycles. The van der Waals surface area contributed by atoms with Gasteiger partial charge in [-0.3, -0.25) is 4.79 Å². The second-order valence-corrected chi connectivity index (χ2v) is 6.25. The van der Waals surface area contributed by atoms with Crippen LogP contribution in [0, 0.1) is 0 Å². The maximum atomic E-state index is 11.2. The maximum absolute atomic E-state index is 11.2. The number of carboxylic acid groups (broad SMARTS) is 1. The van der Waals surface area contributed by atoms with E-state index in [1.807, 2.05) is 0 Å². The van der Waals surface area contributed by atoms with Gasteiger partial charge in [0.2, 0.25) is 5.91 Å². The lowest BCUT2D eigenvalue weighted by molar-refractivity contribution is -0.141. The number of unbranched alkanes of at least 4 members (excludes halogenated alkanes) is 2. The van der Waals surface area contributed by atoms with Crippen molar-refractivity contribution >= 4 is 11.9 Å². The summed E-state index contributed by atoms with van der Waals surface area (Å²) in [6.07, 6.45) is 6.68. The molecule has 25 heavy (non-hydrogen) atoms. The Morgan fingerprint density at radius 1 is 1.32 bits per heavy atom. The molecule has 0 aliphatic heterocycles. The van der Waals surface area contributed by atoms with Crippen LogP contribution in [0.4, 0.5) is 0 Å². The van der Waals surface area contributed by atoms with Crippen molar-refractivity contribution in [3.63, 3.8) is 0 Å². The zero-order valence-corrected chi connectivity index (χ0v) is 14.9. The van der Waals surface area contributed by atoms with Crippen LogP contribution in [-0.2, 0) is 16.0 Å². The van der Waals surface area contributed by atoms with E-state index in [-0.39, 0.29) is 19.1 Å². The zero-order valence-electron chi connectivity index (χ0n) is 14.9. The lowest BCUT2D eigenvalue weighted by Crippen LogP contribution is -2.41. The fourth-order valence-electron chi connectivity index (χ4n) is 2.79. The van der Waals surface area contributed by atoms with Gasteiger partial charge in [0.05, 0.1) is 24.2 Å². The average Bonchev–Trinajstić information content (AvgIpc) is 2.99. The molecular weight excluding hydrogens is 326 g/mol. The number of amides is 1. The topological polar surface area (TPSA) is 125 Å². The van der Waals surface area contributed by atoms with Crippen LogP contribution < -0.4 is 5.32 Å². The third kappa shape index (κ3) is 7.23. The minimum Gasteiger partial charge on any atom is -0.480 e. The fourth-order valence-corrected chi connectivity index (χ4v) is 2.79. The van der Waals surface area contributed by atoms with Crippen LogP contribution in [0.3, 0.4) is 0 Å². The molecule has 1 rings (SSSR count). The second-order valence-electron chi connectivity index (χ2n) is 6.25. The van der Waals surface area contributed by atoms with Gasteiger partial charge in [-0.1, -0.05) is 26.2 Å². The van der Waals surface area contributed by atoms with E-state index in [0.29, 0.717) is 18.5 Å². The first-order chi connectivity index (χ1) is 11.9. The molecule has 3 atom stereocenters. The number of hydrogen-bond acceptors (Lipinski definition) is 5. The summed E-state index contributed by atoms with van der Waals surface area (Å²) in [5.41, 5.74) is 0.504. The number of carbonyl (C=O) groups is 2. The Morgan fingerprint density at radius 3 is 2.60 bits per heavy atom. The number of nitrogens with one attached hydrogen (secondary N) is 1. The van der Waals surface area contributed by atoms with Crippen LogP contribution in [0.1, 0.15) is 57.7 Å². The van der Waals surface area contributed by atoms with Crippen molar-refractivity contribution < 1.29 is 24.9 Å². The number of carboxylic acids is 1. The standard InChI is InChI=1S/C17H29N3O5/c1-3-4-5-6-16(23)15(7-8-21)20-10-13(18-11-20)9-14(17(24)25)19-12(2)22/h10-11,14-16,21,23H,3-9H2,1-2H3,(H,19,22)(H,24,25)/t14-,15?,16?/m0/s1. The third-order valence-electron chi connectivity index (χ3n) is 4.10. The van der Waals surface area contributed by atoms with E-state index in [1.165, 1.54) is 13.3 Å². The first-order valence-electron chi connectivity index (χ1n) is 8.70. The highest BCUT2D eigenvalue weighted by Gasteiger charge is 2.23. The molecule has 2 unspecified atom stereocenters. The molecular formula is C17H29N3O5. The number of carbonyl (C=O) groups excluding carboxylic acids is 1. The van der Waals surface area contributed by atoms with Crippen molar-refractivity contribution in [3.05, 3.63) is 18.2 Å². The summed E-state index contributed by atoms with van der Waals surface area (Å²) >= 11 is 0. The molecule has 0 aromatic carbocycles. The first-order valence-corrected chi connectivity index (χ1v) is 8.70. The van der Waals surface area contributed by atoms with E-state index in [0.717, 1.165) is 19.3 Å². The van der Waals surface area contributed by atoms with Crippen LogP contribution in [0.25, 0.3) is 0 Å². The molecule has 0 aliphatic carbocycles. The summed E-state index contributed by atoms with van der Waals surface area (Å²) in [6.45, 7) is 3.29. The fraction of sp³-hybridized carbons (Fsp3) is 0.706. The van der Waals surface area contributed by atoms with Crippen molar-refractivity contribution in [2.75, 3.05) is 6.61 Å². The van der Waals surface area contributed by atoms with Gasteiger partial charge in [-0.15, -0.1) is 0 Å². The molecule has 0 aliphatic rings. The molecule has 8 heteroatoms. The van der Waals surface area contributed by atoms with Gasteiger partial charge >= 0.3 is 5.97 Å². The quantitative estimate of drug-likeness (QED) is 0.413. The van der Waals surface area contributed by atoms with E-state index in [4.69, 9.17) is 0 Å². The number of nitrogens with zero attached hydrogens (tertiary/aromatic N) is 2. The first kappa shape index (κ1) is 21.1. The predicted molar refractivity (Wildman–Crippen MR) is 92.1 cm³/mol. The van der Waals surface area contributed by atoms with Crippen LogP contribution >= 0.6 is 0 Å². The average molecular weight is 355 g/mol. The van der Waals surface area contributed by atoms with Gasteiger partial charge in [-0.2, -0.15) is 0 Å². The SMILES string of the molecule is CCCCCC(O)C(CCO)n1cnc(C[C@H](NC(C)=O)C(=O)O)c1. The number of imidazole rings is 1. The van der Waals surface area contributed by atoms with Gasteiger partial charge in [-0.25, -0.2) is 9.78 Å². The molecule has 0 radical (unpaired) electrons. The van der Waals surface area contributed by atoms with Gasteiger partial charge in [0.15, 0.2) is 0 Å². The number of rotatable bonds is 12. The van der Waals surface area contributed by atoms with E-state index in [2.05, 4.69) is 17.2 Å². The summed E-state index contributed by atoms with van der Waals surface area (Å²) in [5, 5.41) is 31.2. The van der Waals surface area contributed by atoms with Crippen LogP contribution in [-0.4, -0.2) is 55.5 Å². The molecule has 1 amide bonds. The predicted octanol–water partition coefficient (Wildman–Crippen LogP) is 0.880. The smallest absolute Gasteiger partial charge is 0.326 e. The van der Waals surface area contributed by atoms with Gasteiger partial charge < -0.3 is 25.2 Å². The Labute approximate surface area is 147 Å². The molecule has 0 fully saturated rings. The highest BCUT2D eigenvalue weighted by Crippen LogP contribution is 2.21. The van der Waals surface area contributed by atoms with Crippen molar-refractivity contribution in [3.8, 4) is 0 Å². The Bertz CT molecular complexity index is 546. The Hall–Kier alpha value is -1.93. The highest BCUT2D eigenvalue weighted by molar-refractivity contribution is 5.82. The van der Waals surface area contributed by atoms with Crippen molar-refractivity contribution in [2.24, 2.45) is 0 Å². The summed E-state index contributed by atoms with van der Waals surface area (Å²) < 4.78 is 1.72. The molecule has 0 saturated heterocycles. The van der Waals surface area contributed by atoms with E-state index in [9.17, 15) is 24.9 Å². The summed E-state index contributed by atoms with van der Waals surface area (Å²) in [4.78, 5) is 26.5. The van der Waals surface area contributed by atoms with Crippen LogP contribution in [0.5, 0.6) is 0 Å². The second kappa shape index (κ2) is 10.8. The number of aromatic nitrogens is 2. The molecule has 1 aromatic rings. The summed E-state index contributed by atoms with van der Waals surface area (Å²) in [7, 11) is 0. The van der Waals surface area contributed by atoms with Crippen molar-refractivity contribution in [1.29, 1.82) is 0 Å². The van der Waals surface area contributed by atoms with E-state index < -0.39 is 24.0 Å². The van der Waals surface area contributed by atoms with Gasteiger partial charge in [0, 0.05) is 26.1 Å². The van der Waals surface area contributed by atoms with Gasteiger partial charge in [-0.05, 0) is 12.8 Å². The minimum absolute atomic E-state index is 0.0552. The monoisotopic (exact) mass is 355 g/mol. The zero-order chi connectivity index (χ0) is 18.8. The van der Waals surface area contributed by atoms with Crippen LogP contribution in [0.15, 0.2) is 12.5 Å². The number of aliphatic hydroxyl groups excluding tert-OH is 2. The van der Waals surface area contributed by atoms with Crippen LogP contribution in [0.2, 0.25) is 0 Å². The summed E-state index contributed by atoms with van der Waals surface area (Å²) in [6, 6.07) is -1.36. The molecule has 4 N–H and O–H groups in total. The molecule has 142 valence electrons. The molecule has 0 spiro atoms. The van der Waals surface area contributed by atoms with Crippen molar-refractivity contribution in [2.45, 2.75) is 70.6 Å².